The predicted molar refractivity (Wildman–Crippen MR) is 57.1 cm³/mol. The van der Waals surface area contributed by atoms with Crippen molar-refractivity contribution < 1.29 is 54.7 Å². The van der Waals surface area contributed by atoms with Gasteiger partial charge in [-0.05, 0) is 19.8 Å². The minimum absolute atomic E-state index is 0. The Labute approximate surface area is 119 Å². The number of phosphoric acid groups is 1. The Kier molecular flexibility index (Phi) is 11.0. The van der Waals surface area contributed by atoms with Gasteiger partial charge in [-0.15, -0.1) is 0 Å². The van der Waals surface area contributed by atoms with Gasteiger partial charge in [-0.25, -0.2) is 9.36 Å². The second kappa shape index (κ2) is 9.40. The van der Waals surface area contributed by atoms with E-state index >= 15 is 0 Å². The quantitative estimate of drug-likeness (QED) is 0.284. The molecule has 0 aliphatic carbocycles. The first-order valence-corrected chi connectivity index (χ1v) is 6.36. The third kappa shape index (κ3) is 10.9. The van der Waals surface area contributed by atoms with Gasteiger partial charge in [-0.2, -0.15) is 0 Å². The number of unbranched alkanes of at least 4 members (excludes halogenated alkanes) is 3. The van der Waals surface area contributed by atoms with Crippen molar-refractivity contribution in [1.29, 1.82) is 0 Å². The van der Waals surface area contributed by atoms with E-state index in [0.717, 1.165) is 25.7 Å². The molecule has 5 nitrogen and oxygen atoms in total. The Morgan fingerprint density at radius 3 is 2.44 bits per heavy atom. The standard InChI is InChI=1S/C9H17O5P.Na.H/c1-3-4-5-6-7-8(2)9(10)14-15(11,12)13;;/h7H,3-6H2,1-2H3,(H2,11,12,13);;/q;+1;-1. The van der Waals surface area contributed by atoms with Crippen molar-refractivity contribution in [3.05, 3.63) is 11.6 Å². The van der Waals surface area contributed by atoms with Gasteiger partial charge in [0.1, 0.15) is 0 Å². The Morgan fingerprint density at radius 2 is 2.00 bits per heavy atom. The first kappa shape index (κ1) is 18.7. The molecule has 0 spiro atoms. The number of allylic oxidation sites excluding steroid dienone is 1. The van der Waals surface area contributed by atoms with Crippen LogP contribution in [-0.2, 0) is 13.9 Å². The maximum atomic E-state index is 11.0. The fourth-order valence-electron chi connectivity index (χ4n) is 0.976. The SMILES string of the molecule is CCCCCC=C(C)C(=O)OP(=O)(O)O.[H-].[Na+]. The number of carbonyl (C=O) groups is 1. The van der Waals surface area contributed by atoms with E-state index in [1.54, 1.807) is 6.08 Å². The summed E-state index contributed by atoms with van der Waals surface area (Å²) in [6, 6.07) is 0. The molecule has 0 atom stereocenters. The molecule has 0 rings (SSSR count). The first-order valence-electron chi connectivity index (χ1n) is 4.83. The van der Waals surface area contributed by atoms with E-state index in [0.29, 0.717) is 0 Å². The van der Waals surface area contributed by atoms with E-state index in [1.807, 2.05) is 0 Å². The summed E-state index contributed by atoms with van der Waals surface area (Å²) in [7, 11) is -4.71. The predicted octanol–water partition coefficient (Wildman–Crippen LogP) is -0.735. The molecule has 0 heterocycles. The summed E-state index contributed by atoms with van der Waals surface area (Å²) in [6.45, 7) is 3.54. The molecule has 7 heteroatoms. The second-order valence-electron chi connectivity index (χ2n) is 3.25. The molecule has 16 heavy (non-hydrogen) atoms. The molecule has 0 aliphatic heterocycles. The topological polar surface area (TPSA) is 83.8 Å². The summed E-state index contributed by atoms with van der Waals surface area (Å²) in [6.07, 6.45) is 5.46. The maximum absolute atomic E-state index is 11.0. The van der Waals surface area contributed by atoms with Gasteiger partial charge in [-0.3, -0.25) is 9.79 Å². The minimum Gasteiger partial charge on any atom is -1.00 e. The van der Waals surface area contributed by atoms with Crippen molar-refractivity contribution >= 4 is 13.8 Å². The van der Waals surface area contributed by atoms with E-state index in [9.17, 15) is 9.36 Å². The average molecular weight is 260 g/mol. The molecule has 0 radical (unpaired) electrons. The van der Waals surface area contributed by atoms with Gasteiger partial charge in [0, 0.05) is 5.57 Å². The summed E-state index contributed by atoms with van der Waals surface area (Å²) in [5.41, 5.74) is 0.231. The van der Waals surface area contributed by atoms with E-state index in [4.69, 9.17) is 9.79 Å². The van der Waals surface area contributed by atoms with Crippen LogP contribution in [0.25, 0.3) is 0 Å². The molecule has 2 N–H and O–H groups in total. The van der Waals surface area contributed by atoms with E-state index in [1.165, 1.54) is 6.92 Å². The molecule has 0 fully saturated rings. The summed E-state index contributed by atoms with van der Waals surface area (Å²) in [5, 5.41) is 0. The van der Waals surface area contributed by atoms with Gasteiger partial charge in [0.15, 0.2) is 0 Å². The van der Waals surface area contributed by atoms with Crippen molar-refractivity contribution in [2.24, 2.45) is 0 Å². The van der Waals surface area contributed by atoms with E-state index in [2.05, 4.69) is 11.4 Å². The Balaban J connectivity index is -0.000000980. The fourth-order valence-corrected chi connectivity index (χ4v) is 1.34. The van der Waals surface area contributed by atoms with Crippen molar-refractivity contribution in [2.75, 3.05) is 0 Å². The number of phosphoric ester groups is 1. The third-order valence-corrected chi connectivity index (χ3v) is 2.19. The first-order chi connectivity index (χ1) is 6.87. The smallest absolute Gasteiger partial charge is 1.00 e. The van der Waals surface area contributed by atoms with Crippen LogP contribution < -0.4 is 29.6 Å². The van der Waals surface area contributed by atoms with Crippen LogP contribution in [0, 0.1) is 0 Å². The molecule has 90 valence electrons. The van der Waals surface area contributed by atoms with Crippen LogP contribution >= 0.6 is 7.82 Å². The molecule has 0 aromatic heterocycles. The summed E-state index contributed by atoms with van der Waals surface area (Å²) in [4.78, 5) is 27.8. The fraction of sp³-hybridized carbons (Fsp3) is 0.667. The minimum atomic E-state index is -4.71. The van der Waals surface area contributed by atoms with Crippen molar-refractivity contribution in [3.8, 4) is 0 Å². The summed E-state index contributed by atoms with van der Waals surface area (Å²) < 4.78 is 14.3. The van der Waals surface area contributed by atoms with E-state index < -0.39 is 13.8 Å². The molecule has 0 aliphatic rings. The normalized spacial score (nSPS) is 11.9. The van der Waals surface area contributed by atoms with E-state index in [-0.39, 0.29) is 36.6 Å². The zero-order valence-electron chi connectivity index (χ0n) is 11.0. The van der Waals surface area contributed by atoms with Gasteiger partial charge in [0.2, 0.25) is 0 Å². The zero-order valence-corrected chi connectivity index (χ0v) is 12.9. The Hall–Kier alpha value is 0.360. The van der Waals surface area contributed by atoms with Gasteiger partial charge in [0.05, 0.1) is 0 Å². The van der Waals surface area contributed by atoms with Crippen LogP contribution in [0.1, 0.15) is 41.0 Å². The molecule has 0 bridgehead atoms. The van der Waals surface area contributed by atoms with Crippen LogP contribution in [0.3, 0.4) is 0 Å². The Bertz CT molecular complexity index is 289. The van der Waals surface area contributed by atoms with Gasteiger partial charge in [0.25, 0.3) is 0 Å². The monoisotopic (exact) mass is 260 g/mol. The van der Waals surface area contributed by atoms with Crippen LogP contribution in [0.2, 0.25) is 0 Å². The zero-order chi connectivity index (χ0) is 11.9. The molecule has 0 saturated carbocycles. The summed E-state index contributed by atoms with van der Waals surface area (Å²) >= 11 is 0. The van der Waals surface area contributed by atoms with Crippen LogP contribution in [0.5, 0.6) is 0 Å². The second-order valence-corrected chi connectivity index (χ2v) is 4.42. The van der Waals surface area contributed by atoms with Crippen molar-refractivity contribution in [1.82, 2.24) is 0 Å². The van der Waals surface area contributed by atoms with Gasteiger partial charge >= 0.3 is 43.3 Å². The summed E-state index contributed by atoms with van der Waals surface area (Å²) in [5.74, 6) is -0.958. The van der Waals surface area contributed by atoms with Crippen molar-refractivity contribution in [3.63, 3.8) is 0 Å². The third-order valence-electron chi connectivity index (χ3n) is 1.78. The maximum Gasteiger partial charge on any atom is 1.00 e. The Morgan fingerprint density at radius 1 is 1.44 bits per heavy atom. The molecule has 0 aromatic carbocycles. The average Bonchev–Trinajstić information content (AvgIpc) is 2.09. The molecular formula is C9H18NaO5P. The number of hydrogen-bond acceptors (Lipinski definition) is 3. The molecule has 0 aromatic rings. The van der Waals surface area contributed by atoms with Gasteiger partial charge in [-0.1, -0.05) is 25.8 Å². The van der Waals surface area contributed by atoms with Crippen LogP contribution in [-0.4, -0.2) is 15.8 Å². The molecular weight excluding hydrogens is 242 g/mol. The number of hydrogen-bond donors (Lipinski definition) is 2. The largest absolute Gasteiger partial charge is 1.00 e. The molecule has 0 unspecified atom stereocenters. The van der Waals surface area contributed by atoms with Gasteiger partial charge < -0.3 is 5.95 Å². The molecule has 0 amide bonds. The number of rotatable bonds is 6. The van der Waals surface area contributed by atoms with Crippen LogP contribution in [0.4, 0.5) is 0 Å². The molecule has 0 saturated heterocycles. The number of carbonyl (C=O) groups excluding carboxylic acids is 1. The van der Waals surface area contributed by atoms with Crippen LogP contribution in [0.15, 0.2) is 11.6 Å². The van der Waals surface area contributed by atoms with Crippen molar-refractivity contribution in [2.45, 2.75) is 39.5 Å².